The number of rotatable bonds is 4. The second kappa shape index (κ2) is 8.84. The van der Waals surface area contributed by atoms with E-state index in [4.69, 9.17) is 0 Å². The minimum atomic E-state index is -3.00. The fourth-order valence-corrected chi connectivity index (χ4v) is 4.53. The molecule has 23 heavy (non-hydrogen) atoms. The fourth-order valence-electron chi connectivity index (χ4n) is 3.17. The Bertz CT molecular complexity index is 502. The Balaban J connectivity index is 0.00000264. The van der Waals surface area contributed by atoms with Crippen LogP contribution in [0.4, 0.5) is 0 Å². The topological polar surface area (TPSA) is 65.0 Å². The summed E-state index contributed by atoms with van der Waals surface area (Å²) in [7, 11) is -1.24. The Morgan fingerprint density at radius 1 is 1.22 bits per heavy atom. The van der Waals surface area contributed by atoms with Crippen LogP contribution >= 0.6 is 24.0 Å². The first-order valence-corrected chi connectivity index (χ1v) is 9.91. The summed E-state index contributed by atoms with van der Waals surface area (Å²) in [5.41, 5.74) is 0. The molecule has 0 aromatic heterocycles. The van der Waals surface area contributed by atoms with Crippen molar-refractivity contribution < 1.29 is 8.42 Å². The van der Waals surface area contributed by atoms with Crippen molar-refractivity contribution in [2.45, 2.75) is 37.9 Å². The third kappa shape index (κ3) is 5.45. The van der Waals surface area contributed by atoms with E-state index in [2.05, 4.69) is 20.1 Å². The molecule has 0 spiro atoms. The third-order valence-electron chi connectivity index (χ3n) is 4.69. The van der Waals surface area contributed by atoms with Gasteiger partial charge in [0.1, 0.15) is 0 Å². The second-order valence-electron chi connectivity index (χ2n) is 6.88. The van der Waals surface area contributed by atoms with Crippen LogP contribution < -0.4 is 5.32 Å². The number of likely N-dealkylation sites (tertiary alicyclic amines) is 1. The quantitative estimate of drug-likeness (QED) is 0.297. The lowest BCUT2D eigenvalue weighted by Gasteiger charge is -2.39. The molecular weight excluding hydrogens is 427 g/mol. The third-order valence-corrected chi connectivity index (χ3v) is 7.22. The van der Waals surface area contributed by atoms with Crippen LogP contribution in [0.25, 0.3) is 0 Å². The lowest BCUT2D eigenvalue weighted by atomic mass is 10.2. The van der Waals surface area contributed by atoms with Gasteiger partial charge in [-0.3, -0.25) is 4.99 Å². The van der Waals surface area contributed by atoms with E-state index in [9.17, 15) is 8.42 Å². The molecule has 0 radical (unpaired) electrons. The van der Waals surface area contributed by atoms with Crippen LogP contribution in [-0.2, 0) is 9.84 Å². The van der Waals surface area contributed by atoms with Crippen LogP contribution in [0.1, 0.15) is 33.1 Å². The number of sulfone groups is 1. The van der Waals surface area contributed by atoms with Gasteiger partial charge in [-0.25, -0.2) is 8.42 Å². The van der Waals surface area contributed by atoms with Crippen LogP contribution in [0.5, 0.6) is 0 Å². The van der Waals surface area contributed by atoms with Crippen molar-refractivity contribution in [3.05, 3.63) is 0 Å². The number of aliphatic imine (C=N–C) groups is 1. The largest absolute Gasteiger partial charge is 0.356 e. The molecule has 2 saturated heterocycles. The van der Waals surface area contributed by atoms with E-state index in [0.29, 0.717) is 13.1 Å². The normalized spacial score (nSPS) is 24.3. The monoisotopic (exact) mass is 458 g/mol. The van der Waals surface area contributed by atoms with Crippen molar-refractivity contribution in [1.82, 2.24) is 15.1 Å². The summed E-state index contributed by atoms with van der Waals surface area (Å²) in [4.78, 5) is 8.88. The van der Waals surface area contributed by atoms with Crippen molar-refractivity contribution >= 4 is 39.8 Å². The zero-order valence-electron chi connectivity index (χ0n) is 14.5. The Kier molecular flexibility index (Phi) is 8.06. The molecule has 0 saturated carbocycles. The van der Waals surface area contributed by atoms with Gasteiger partial charge < -0.3 is 15.1 Å². The predicted molar refractivity (Wildman–Crippen MR) is 107 cm³/mol. The van der Waals surface area contributed by atoms with Crippen molar-refractivity contribution in [2.24, 2.45) is 4.99 Å². The highest BCUT2D eigenvalue weighted by atomic mass is 127. The molecule has 2 rings (SSSR count). The summed E-state index contributed by atoms with van der Waals surface area (Å²) >= 11 is 0. The average molecular weight is 458 g/mol. The van der Waals surface area contributed by atoms with E-state index in [-0.39, 0.29) is 29.7 Å². The van der Waals surface area contributed by atoms with Gasteiger partial charge >= 0.3 is 0 Å². The van der Waals surface area contributed by atoms with E-state index in [1.165, 1.54) is 25.9 Å². The minimum absolute atomic E-state index is 0. The highest BCUT2D eigenvalue weighted by Gasteiger charge is 2.40. The maximum atomic E-state index is 12.1. The number of hydrogen-bond donors (Lipinski definition) is 1. The van der Waals surface area contributed by atoms with Gasteiger partial charge in [-0.2, -0.15) is 0 Å². The maximum Gasteiger partial charge on any atom is 0.193 e. The molecule has 1 N–H and O–H groups in total. The van der Waals surface area contributed by atoms with E-state index in [1.807, 2.05) is 0 Å². The molecule has 0 bridgehead atoms. The van der Waals surface area contributed by atoms with Gasteiger partial charge in [0.25, 0.3) is 0 Å². The number of nitrogens with one attached hydrogen (secondary N) is 1. The molecule has 0 amide bonds. The molecule has 2 aliphatic rings. The van der Waals surface area contributed by atoms with E-state index in [1.54, 1.807) is 20.9 Å². The molecule has 0 aromatic rings. The number of halogens is 1. The molecule has 0 unspecified atom stereocenters. The van der Waals surface area contributed by atoms with Gasteiger partial charge in [0.15, 0.2) is 15.8 Å². The van der Waals surface area contributed by atoms with Gasteiger partial charge in [0.2, 0.25) is 0 Å². The van der Waals surface area contributed by atoms with E-state index < -0.39 is 14.6 Å². The first kappa shape index (κ1) is 21.0. The van der Waals surface area contributed by atoms with E-state index in [0.717, 1.165) is 25.5 Å². The minimum Gasteiger partial charge on any atom is -0.356 e. The summed E-state index contributed by atoms with van der Waals surface area (Å²) in [6.45, 7) is 9.10. The standard InChI is InChI=1S/C15H30N4O2S.HI/c1-15(2)13-19(11-12-22(15,20)21)14(16-3)17-7-6-10-18-8-4-5-9-18;/h4-13H2,1-3H3,(H,16,17);1H. The van der Waals surface area contributed by atoms with Crippen LogP contribution in [0.2, 0.25) is 0 Å². The highest BCUT2D eigenvalue weighted by Crippen LogP contribution is 2.23. The Hall–Kier alpha value is -0.0900. The smallest absolute Gasteiger partial charge is 0.193 e. The molecular formula is C15H31IN4O2S. The van der Waals surface area contributed by atoms with Crippen molar-refractivity contribution in [1.29, 1.82) is 0 Å². The molecule has 2 heterocycles. The number of nitrogens with zero attached hydrogens (tertiary/aromatic N) is 3. The second-order valence-corrected chi connectivity index (χ2v) is 9.62. The van der Waals surface area contributed by atoms with Gasteiger partial charge in [-0.1, -0.05) is 0 Å². The molecule has 2 fully saturated rings. The first-order chi connectivity index (χ1) is 10.4. The highest BCUT2D eigenvalue weighted by molar-refractivity contribution is 14.0. The van der Waals surface area contributed by atoms with Gasteiger partial charge in [-0.05, 0) is 52.7 Å². The van der Waals surface area contributed by atoms with Gasteiger partial charge in [0.05, 0.1) is 10.5 Å². The summed E-state index contributed by atoms with van der Waals surface area (Å²) < 4.78 is 23.4. The van der Waals surface area contributed by atoms with Gasteiger partial charge in [-0.15, -0.1) is 24.0 Å². The first-order valence-electron chi connectivity index (χ1n) is 8.26. The lowest BCUT2D eigenvalue weighted by molar-refractivity contribution is 0.329. The number of guanidine groups is 1. The van der Waals surface area contributed by atoms with Crippen LogP contribution in [0.15, 0.2) is 4.99 Å². The Morgan fingerprint density at radius 3 is 2.43 bits per heavy atom. The zero-order chi connectivity index (χ0) is 16.2. The molecule has 136 valence electrons. The molecule has 0 aromatic carbocycles. The number of hydrogen-bond acceptors (Lipinski definition) is 4. The van der Waals surface area contributed by atoms with Crippen LogP contribution in [0.3, 0.4) is 0 Å². The average Bonchev–Trinajstić information content (AvgIpc) is 2.95. The zero-order valence-corrected chi connectivity index (χ0v) is 17.7. The summed E-state index contributed by atoms with van der Waals surface area (Å²) in [5, 5.41) is 3.38. The fraction of sp³-hybridized carbons (Fsp3) is 0.933. The molecule has 0 atom stereocenters. The SMILES string of the molecule is CN=C(NCCCN1CCCC1)N1CCS(=O)(=O)C(C)(C)C1.I. The van der Waals surface area contributed by atoms with Crippen LogP contribution in [0, 0.1) is 0 Å². The Morgan fingerprint density at radius 2 is 1.87 bits per heavy atom. The maximum absolute atomic E-state index is 12.1. The van der Waals surface area contributed by atoms with Crippen LogP contribution in [-0.4, -0.2) is 81.0 Å². The molecule has 8 heteroatoms. The molecule has 2 aliphatic heterocycles. The summed E-state index contributed by atoms with van der Waals surface area (Å²) in [6, 6.07) is 0. The molecule has 6 nitrogen and oxygen atoms in total. The predicted octanol–water partition coefficient (Wildman–Crippen LogP) is 1.17. The Labute approximate surface area is 158 Å². The van der Waals surface area contributed by atoms with Crippen molar-refractivity contribution in [3.63, 3.8) is 0 Å². The van der Waals surface area contributed by atoms with Crippen molar-refractivity contribution in [2.75, 3.05) is 52.1 Å². The summed E-state index contributed by atoms with van der Waals surface area (Å²) in [5.74, 6) is 1.03. The van der Waals surface area contributed by atoms with Gasteiger partial charge in [0, 0.05) is 26.7 Å². The summed E-state index contributed by atoms with van der Waals surface area (Å²) in [6.07, 6.45) is 3.74. The lowest BCUT2D eigenvalue weighted by Crippen LogP contribution is -2.57. The van der Waals surface area contributed by atoms with E-state index >= 15 is 0 Å². The van der Waals surface area contributed by atoms with Crippen molar-refractivity contribution in [3.8, 4) is 0 Å². The molecule has 0 aliphatic carbocycles.